The molecule has 0 aromatic heterocycles. The molecular formula is C12H30BCaO3P. The molecule has 0 heterocycles. The molecule has 0 saturated carbocycles. The van der Waals surface area contributed by atoms with Crippen LogP contribution in [0.5, 0.6) is 0 Å². The first kappa shape index (κ1) is 27.9. The van der Waals surface area contributed by atoms with Crippen molar-refractivity contribution in [2.75, 3.05) is 18.5 Å². The third-order valence-electron chi connectivity index (χ3n) is 2.48. The van der Waals surface area contributed by atoms with Crippen molar-refractivity contribution in [1.82, 2.24) is 0 Å². The molecule has 0 rings (SSSR count). The molecule has 0 amide bonds. The van der Waals surface area contributed by atoms with E-state index in [0.717, 1.165) is 0 Å². The van der Waals surface area contributed by atoms with Gasteiger partial charge < -0.3 is 15.5 Å². The summed E-state index contributed by atoms with van der Waals surface area (Å²) in [7, 11) is -0.828. The Balaban J connectivity index is -0.000000177. The van der Waals surface area contributed by atoms with Crippen LogP contribution in [-0.4, -0.2) is 69.4 Å². The van der Waals surface area contributed by atoms with Gasteiger partial charge in [0.15, 0.2) is 0 Å². The van der Waals surface area contributed by atoms with Crippen molar-refractivity contribution < 1.29 is 15.5 Å². The van der Waals surface area contributed by atoms with Gasteiger partial charge in [-0.25, -0.2) is 0 Å². The first-order chi connectivity index (χ1) is 7.76. The molecule has 0 spiro atoms. The topological polar surface area (TPSA) is 77.6 Å². The van der Waals surface area contributed by atoms with Crippen molar-refractivity contribution in [3.63, 3.8) is 0 Å². The van der Waals surface area contributed by atoms with Crippen LogP contribution in [0, 0.1) is 0 Å². The molecular weight excluding hydrogens is 274 g/mol. The van der Waals surface area contributed by atoms with Crippen LogP contribution in [0.15, 0.2) is 0 Å². The van der Waals surface area contributed by atoms with E-state index in [1.165, 1.54) is 38.5 Å². The van der Waals surface area contributed by atoms with Gasteiger partial charge in [0.25, 0.3) is 0 Å². The molecule has 0 saturated heterocycles. The van der Waals surface area contributed by atoms with Gasteiger partial charge in [-0.15, -0.1) is 15.6 Å². The maximum atomic E-state index is 8.38. The zero-order valence-electron chi connectivity index (χ0n) is 12.5. The van der Waals surface area contributed by atoms with Gasteiger partial charge in [-0.2, -0.15) is 0 Å². The van der Waals surface area contributed by atoms with Gasteiger partial charge in [-0.1, -0.05) is 40.0 Å². The van der Waals surface area contributed by atoms with E-state index in [4.69, 9.17) is 10.0 Å². The summed E-state index contributed by atoms with van der Waals surface area (Å²) in [4.78, 5) is 0. The van der Waals surface area contributed by atoms with Gasteiger partial charge >= 0.3 is 37.7 Å². The Morgan fingerprint density at radius 1 is 0.778 bits per heavy atom. The fraction of sp³-hybridized carbons (Fsp3) is 1.00. The Morgan fingerprint density at radius 2 is 1.00 bits per heavy atom. The number of hydrogen-bond donors (Lipinski definition) is 0. The molecule has 0 atom stereocenters. The summed E-state index contributed by atoms with van der Waals surface area (Å²) in [5, 5.41) is 16.8. The van der Waals surface area contributed by atoms with E-state index in [1.807, 2.05) is 0 Å². The van der Waals surface area contributed by atoms with E-state index in [2.05, 4.69) is 20.8 Å². The molecule has 0 fully saturated rings. The summed E-state index contributed by atoms with van der Waals surface area (Å²) in [6, 6.07) is 0. The second kappa shape index (κ2) is 27.1. The van der Waals surface area contributed by atoms with Crippen LogP contribution < -0.4 is 10.0 Å². The maximum Gasteiger partial charge on any atom is 2.00 e. The quantitative estimate of drug-likeness (QED) is 0.463. The van der Waals surface area contributed by atoms with Gasteiger partial charge in [0.1, 0.15) is 0 Å². The van der Waals surface area contributed by atoms with Gasteiger partial charge in [0.05, 0.1) is 0 Å². The smallest absolute Gasteiger partial charge is 0.896 e. The molecule has 18 heavy (non-hydrogen) atoms. The van der Waals surface area contributed by atoms with E-state index in [0.29, 0.717) is 7.92 Å². The minimum absolute atomic E-state index is 0. The van der Waals surface area contributed by atoms with Crippen molar-refractivity contribution >= 4 is 53.3 Å². The second-order valence-electron chi connectivity index (χ2n) is 4.02. The molecule has 6 heteroatoms. The average molecular weight is 304 g/mol. The Hall–Kier alpha value is 1.63. The van der Waals surface area contributed by atoms with Gasteiger partial charge in [0.2, 0.25) is 0 Å². The molecule has 0 radical (unpaired) electrons. The molecule has 0 aliphatic rings. The first-order valence-electron chi connectivity index (χ1n) is 6.65. The summed E-state index contributed by atoms with van der Waals surface area (Å²) >= 11 is 0. The molecule has 0 unspecified atom stereocenters. The molecule has 0 aliphatic carbocycles. The fourth-order valence-electron chi connectivity index (χ4n) is 1.48. The van der Waals surface area contributed by atoms with Crippen LogP contribution in [0.4, 0.5) is 0 Å². The van der Waals surface area contributed by atoms with Crippen LogP contribution in [0.1, 0.15) is 59.3 Å². The average Bonchev–Trinajstić information content (AvgIpc) is 2.29. The summed E-state index contributed by atoms with van der Waals surface area (Å²) in [6.07, 6.45) is 13.2. The van der Waals surface area contributed by atoms with Gasteiger partial charge in [-0.05, 0) is 37.7 Å². The number of rotatable bonds is 9. The third kappa shape index (κ3) is 26.2. The minimum atomic E-state index is -1.25. The summed E-state index contributed by atoms with van der Waals surface area (Å²) < 4.78 is 0. The Bertz CT molecular complexity index is 104. The van der Waals surface area contributed by atoms with Crippen molar-refractivity contribution in [1.29, 1.82) is 0 Å². The van der Waals surface area contributed by atoms with E-state index < -0.39 is 7.69 Å². The summed E-state index contributed by atoms with van der Waals surface area (Å²) in [5.74, 6) is 0. The van der Waals surface area contributed by atoms with E-state index >= 15 is 0 Å². The van der Waals surface area contributed by atoms with Crippen molar-refractivity contribution in [2.24, 2.45) is 0 Å². The largest absolute Gasteiger partial charge is 2.00 e. The SMILES string of the molecule is CCCCP(CCCC)CCCC.O.[Ca+2].[O-]B[O-]. The number of unbranched alkanes of at least 4 members (excludes halogenated alkanes) is 3. The van der Waals surface area contributed by atoms with Crippen molar-refractivity contribution in [3.05, 3.63) is 0 Å². The van der Waals surface area contributed by atoms with Gasteiger partial charge in [-0.3, -0.25) is 0 Å². The van der Waals surface area contributed by atoms with E-state index in [-0.39, 0.29) is 43.2 Å². The maximum absolute atomic E-state index is 8.38. The van der Waals surface area contributed by atoms with Crippen LogP contribution in [0.3, 0.4) is 0 Å². The monoisotopic (exact) mass is 304 g/mol. The molecule has 0 aromatic carbocycles. The minimum Gasteiger partial charge on any atom is -0.896 e. The zero-order chi connectivity index (χ0) is 12.6. The van der Waals surface area contributed by atoms with Crippen LogP contribution in [0.2, 0.25) is 0 Å². The molecule has 3 nitrogen and oxygen atoms in total. The normalized spacial score (nSPS) is 8.78. The number of hydrogen-bond acceptors (Lipinski definition) is 2. The molecule has 0 aliphatic heterocycles. The van der Waals surface area contributed by atoms with Crippen LogP contribution in [0.25, 0.3) is 0 Å². The summed E-state index contributed by atoms with van der Waals surface area (Å²) in [5.41, 5.74) is 0. The molecule has 2 N–H and O–H groups in total. The third-order valence-corrected chi connectivity index (χ3v) is 5.33. The Morgan fingerprint density at radius 3 is 1.17 bits per heavy atom. The van der Waals surface area contributed by atoms with Crippen LogP contribution >= 0.6 is 7.92 Å². The van der Waals surface area contributed by atoms with Crippen molar-refractivity contribution in [2.45, 2.75) is 59.3 Å². The van der Waals surface area contributed by atoms with Crippen molar-refractivity contribution in [3.8, 4) is 0 Å². The predicted molar refractivity (Wildman–Crippen MR) is 82.8 cm³/mol. The van der Waals surface area contributed by atoms with E-state index in [1.54, 1.807) is 18.5 Å². The molecule has 106 valence electrons. The first-order valence-corrected chi connectivity index (χ1v) is 8.54. The van der Waals surface area contributed by atoms with Gasteiger partial charge in [0, 0.05) is 0 Å². The Labute approximate surface area is 146 Å². The molecule has 0 bridgehead atoms. The fourth-order valence-corrected chi connectivity index (χ4v) is 4.44. The standard InChI is InChI=1S/C12H27P.BHO2.Ca.H2O/c1-4-7-10-13(11-8-5-2)12-9-6-3;2-1-3;;/h4-12H2,1-3H3;1H;;1H2/q;-2;+2;. The Kier molecular flexibility index (Phi) is 41.9. The summed E-state index contributed by atoms with van der Waals surface area (Å²) in [6.45, 7) is 6.94. The second-order valence-corrected chi connectivity index (χ2v) is 6.70. The van der Waals surface area contributed by atoms with Crippen LogP contribution in [-0.2, 0) is 0 Å². The zero-order valence-corrected chi connectivity index (χ0v) is 15.6. The molecule has 0 aromatic rings. The van der Waals surface area contributed by atoms with E-state index in [9.17, 15) is 0 Å². The predicted octanol–water partition coefficient (Wildman–Crippen LogP) is 0.637.